The Morgan fingerprint density at radius 3 is 2.62 bits per heavy atom. The smallest absolute Gasteiger partial charge is 0.217 e. The van der Waals surface area contributed by atoms with Gasteiger partial charge in [0, 0.05) is 32.0 Å². The fourth-order valence-corrected chi connectivity index (χ4v) is 3.58. The molecule has 0 unspecified atom stereocenters. The topological polar surface area (TPSA) is 51.4 Å². The number of pyridine rings is 1. The van der Waals surface area contributed by atoms with Crippen molar-refractivity contribution in [1.82, 2.24) is 19.4 Å². The minimum atomic E-state index is 0.681. The Hall–Kier alpha value is -1.93. The number of hydrogen-bond acceptors (Lipinski definition) is 6. The minimum absolute atomic E-state index is 0.681. The monoisotopic (exact) mass is 346 g/mol. The molecule has 2 fully saturated rings. The van der Waals surface area contributed by atoms with Gasteiger partial charge in [-0.3, -0.25) is 4.98 Å². The van der Waals surface area contributed by atoms with Gasteiger partial charge in [-0.1, -0.05) is 0 Å². The van der Waals surface area contributed by atoms with E-state index in [1.165, 1.54) is 18.5 Å². The van der Waals surface area contributed by atoms with Gasteiger partial charge in [-0.15, -0.1) is 5.10 Å². The summed E-state index contributed by atoms with van der Waals surface area (Å²) in [5.41, 5.74) is 2.07. The van der Waals surface area contributed by atoms with Crippen LogP contribution in [0.2, 0.25) is 0 Å². The average molecular weight is 346 g/mol. The van der Waals surface area contributed by atoms with E-state index >= 15 is 0 Å². The van der Waals surface area contributed by atoms with Gasteiger partial charge >= 0.3 is 0 Å². The molecule has 0 spiro atoms. The molecular weight excluding hydrogens is 324 g/mol. The summed E-state index contributed by atoms with van der Waals surface area (Å²) >= 11 is 5.58. The highest BCUT2D eigenvalue weighted by molar-refractivity contribution is 7.71. The van der Waals surface area contributed by atoms with E-state index in [0.29, 0.717) is 18.0 Å². The van der Waals surface area contributed by atoms with E-state index in [0.717, 1.165) is 37.7 Å². The first-order valence-corrected chi connectivity index (χ1v) is 8.85. The van der Waals surface area contributed by atoms with E-state index in [1.807, 2.05) is 17.9 Å². The van der Waals surface area contributed by atoms with Crippen LogP contribution in [-0.2, 0) is 11.8 Å². The third-order valence-electron chi connectivity index (χ3n) is 4.62. The van der Waals surface area contributed by atoms with Gasteiger partial charge in [0.15, 0.2) is 5.82 Å². The van der Waals surface area contributed by atoms with Crippen LogP contribution in [0.1, 0.15) is 12.8 Å². The number of morpholine rings is 1. The molecule has 0 bridgehead atoms. The zero-order valence-corrected chi connectivity index (χ0v) is 14.7. The zero-order valence-electron chi connectivity index (χ0n) is 13.9. The second-order valence-electron chi connectivity index (χ2n) is 6.20. The van der Waals surface area contributed by atoms with Crippen LogP contribution in [0, 0.1) is 4.77 Å². The Balaban J connectivity index is 1.75. The molecule has 4 rings (SSSR count). The summed E-state index contributed by atoms with van der Waals surface area (Å²) in [5, 5.41) is 6.83. The first-order chi connectivity index (χ1) is 11.7. The summed E-state index contributed by atoms with van der Waals surface area (Å²) in [4.78, 5) is 6.97. The Kier molecular flexibility index (Phi) is 4.24. The van der Waals surface area contributed by atoms with Gasteiger partial charge < -0.3 is 14.6 Å². The molecule has 24 heavy (non-hydrogen) atoms. The molecular formula is C16H22N6OS. The second-order valence-corrected chi connectivity index (χ2v) is 6.57. The Labute approximate surface area is 146 Å². The standard InChI is InChI=1S/C16H22N6OS/c1-19-16(24)22(21-8-10-23-11-9-21)15(18-19)14-12-13(4-5-17-14)20-6-2-3-7-20/h4-5,12H,2-3,6-11H2,1H3. The van der Waals surface area contributed by atoms with Gasteiger partial charge in [0.25, 0.3) is 0 Å². The van der Waals surface area contributed by atoms with Crippen LogP contribution < -0.4 is 9.91 Å². The van der Waals surface area contributed by atoms with E-state index in [-0.39, 0.29) is 0 Å². The van der Waals surface area contributed by atoms with Crippen molar-refractivity contribution in [2.75, 3.05) is 49.3 Å². The van der Waals surface area contributed by atoms with Gasteiger partial charge in [-0.05, 0) is 37.2 Å². The molecule has 128 valence electrons. The third kappa shape index (κ3) is 2.80. The number of aromatic nitrogens is 4. The fourth-order valence-electron chi connectivity index (χ4n) is 3.34. The molecule has 0 aromatic carbocycles. The summed E-state index contributed by atoms with van der Waals surface area (Å²) in [6.07, 6.45) is 4.38. The Morgan fingerprint density at radius 1 is 1.12 bits per heavy atom. The highest BCUT2D eigenvalue weighted by Gasteiger charge is 2.21. The molecule has 4 heterocycles. The number of rotatable bonds is 3. The maximum absolute atomic E-state index is 5.58. The van der Waals surface area contributed by atoms with Crippen molar-refractivity contribution in [3.63, 3.8) is 0 Å². The van der Waals surface area contributed by atoms with Crippen LogP contribution in [0.15, 0.2) is 18.3 Å². The molecule has 0 amide bonds. The lowest BCUT2D eigenvalue weighted by Crippen LogP contribution is -2.44. The maximum Gasteiger partial charge on any atom is 0.217 e. The van der Waals surface area contributed by atoms with Crippen LogP contribution >= 0.6 is 12.2 Å². The molecule has 0 atom stereocenters. The van der Waals surface area contributed by atoms with Crippen LogP contribution in [0.25, 0.3) is 11.5 Å². The quantitative estimate of drug-likeness (QED) is 0.787. The van der Waals surface area contributed by atoms with E-state index in [1.54, 1.807) is 4.68 Å². The lowest BCUT2D eigenvalue weighted by atomic mass is 10.3. The molecule has 0 aliphatic carbocycles. The SMILES string of the molecule is Cn1nc(-c2cc(N3CCCC3)ccn2)n(N2CCOCC2)c1=S. The zero-order chi connectivity index (χ0) is 16.5. The highest BCUT2D eigenvalue weighted by atomic mass is 32.1. The van der Waals surface area contributed by atoms with E-state index in [9.17, 15) is 0 Å². The number of anilines is 1. The summed E-state index contributed by atoms with van der Waals surface area (Å²) < 4.78 is 9.89. The van der Waals surface area contributed by atoms with E-state index in [2.05, 4.69) is 32.1 Å². The maximum atomic E-state index is 5.58. The first-order valence-electron chi connectivity index (χ1n) is 8.44. The molecule has 8 heteroatoms. The summed E-state index contributed by atoms with van der Waals surface area (Å²) in [5.74, 6) is 0.797. The lowest BCUT2D eigenvalue weighted by Gasteiger charge is -2.30. The second kappa shape index (κ2) is 6.52. The van der Waals surface area contributed by atoms with Crippen molar-refractivity contribution in [3.05, 3.63) is 23.1 Å². The molecule has 7 nitrogen and oxygen atoms in total. The Morgan fingerprint density at radius 2 is 1.88 bits per heavy atom. The number of nitrogens with zero attached hydrogens (tertiary/aromatic N) is 6. The van der Waals surface area contributed by atoms with E-state index in [4.69, 9.17) is 17.0 Å². The molecule has 2 aliphatic rings. The predicted octanol–water partition coefficient (Wildman–Crippen LogP) is 1.58. The number of ether oxygens (including phenoxy) is 1. The Bertz CT molecular complexity index is 773. The minimum Gasteiger partial charge on any atom is -0.378 e. The van der Waals surface area contributed by atoms with E-state index < -0.39 is 0 Å². The molecule has 0 radical (unpaired) electrons. The van der Waals surface area contributed by atoms with Crippen molar-refractivity contribution in [2.45, 2.75) is 12.8 Å². The third-order valence-corrected chi connectivity index (χ3v) is 5.05. The van der Waals surface area contributed by atoms with Crippen molar-refractivity contribution < 1.29 is 4.74 Å². The molecule has 2 aromatic heterocycles. The largest absolute Gasteiger partial charge is 0.378 e. The number of aryl methyl sites for hydroxylation is 1. The van der Waals surface area contributed by atoms with Crippen LogP contribution in [0.5, 0.6) is 0 Å². The predicted molar refractivity (Wildman–Crippen MR) is 95.5 cm³/mol. The van der Waals surface area contributed by atoms with Crippen LogP contribution in [-0.4, -0.2) is 58.8 Å². The molecule has 0 N–H and O–H groups in total. The normalized spacial score (nSPS) is 18.4. The van der Waals surface area contributed by atoms with Gasteiger partial charge in [0.05, 0.1) is 26.3 Å². The molecule has 0 saturated carbocycles. The van der Waals surface area contributed by atoms with Crippen molar-refractivity contribution in [1.29, 1.82) is 0 Å². The van der Waals surface area contributed by atoms with Gasteiger partial charge in [-0.25, -0.2) is 9.36 Å². The highest BCUT2D eigenvalue weighted by Crippen LogP contribution is 2.25. The fraction of sp³-hybridized carbons (Fsp3) is 0.562. The molecule has 2 saturated heterocycles. The molecule has 2 aliphatic heterocycles. The first kappa shape index (κ1) is 15.6. The van der Waals surface area contributed by atoms with Crippen LogP contribution in [0.3, 0.4) is 0 Å². The van der Waals surface area contributed by atoms with Gasteiger partial charge in [0.2, 0.25) is 4.77 Å². The van der Waals surface area contributed by atoms with Crippen molar-refractivity contribution in [3.8, 4) is 11.5 Å². The van der Waals surface area contributed by atoms with Crippen molar-refractivity contribution in [2.24, 2.45) is 7.05 Å². The summed E-state index contributed by atoms with van der Waals surface area (Å²) in [7, 11) is 1.88. The number of hydrogen-bond donors (Lipinski definition) is 0. The molecule has 2 aromatic rings. The summed E-state index contributed by atoms with van der Waals surface area (Å²) in [6, 6.07) is 4.20. The van der Waals surface area contributed by atoms with Crippen LogP contribution in [0.4, 0.5) is 5.69 Å². The van der Waals surface area contributed by atoms with Crippen molar-refractivity contribution >= 4 is 17.9 Å². The van der Waals surface area contributed by atoms with Gasteiger partial charge in [-0.2, -0.15) is 0 Å². The lowest BCUT2D eigenvalue weighted by molar-refractivity contribution is 0.111. The average Bonchev–Trinajstić information content (AvgIpc) is 3.25. The summed E-state index contributed by atoms with van der Waals surface area (Å²) in [6.45, 7) is 5.25. The van der Waals surface area contributed by atoms with Gasteiger partial charge in [0.1, 0.15) is 5.69 Å².